The molecule has 0 amide bonds. The highest BCUT2D eigenvalue weighted by molar-refractivity contribution is 7.76. The first-order valence-corrected chi connectivity index (χ1v) is 6.03. The van der Waals surface area contributed by atoms with Crippen molar-refractivity contribution in [3.8, 4) is 0 Å². The van der Waals surface area contributed by atoms with Gasteiger partial charge in [-0.05, 0) is 20.3 Å². The van der Waals surface area contributed by atoms with Crippen LogP contribution in [-0.4, -0.2) is 25.7 Å². The molecule has 0 rings (SSSR count). The van der Waals surface area contributed by atoms with E-state index in [2.05, 4.69) is 6.92 Å². The molecule has 0 aliphatic heterocycles. The Kier molecular flexibility index (Phi) is 7.51. The zero-order valence-electron chi connectivity index (χ0n) is 8.82. The molecular weight excluding hydrogens is 186 g/mol. The van der Waals surface area contributed by atoms with Gasteiger partial charge in [0.05, 0.1) is 0 Å². The smallest absolute Gasteiger partial charge is 0.234 e. The van der Waals surface area contributed by atoms with Crippen molar-refractivity contribution in [2.75, 3.05) is 6.54 Å². The van der Waals surface area contributed by atoms with Crippen LogP contribution in [0.25, 0.3) is 0 Å². The largest absolute Gasteiger partial charge is 0.294 e. The van der Waals surface area contributed by atoms with E-state index in [1.54, 1.807) is 4.31 Å². The first-order valence-electron chi connectivity index (χ1n) is 4.97. The number of rotatable bonds is 7. The Morgan fingerprint density at radius 1 is 1.31 bits per heavy atom. The molecule has 0 aromatic heterocycles. The molecule has 0 spiro atoms. The van der Waals surface area contributed by atoms with E-state index in [-0.39, 0.29) is 6.04 Å². The molecule has 0 heterocycles. The van der Waals surface area contributed by atoms with E-state index in [0.29, 0.717) is 0 Å². The van der Waals surface area contributed by atoms with Gasteiger partial charge < -0.3 is 0 Å². The number of hydrogen-bond donors (Lipinski definition) is 1. The van der Waals surface area contributed by atoms with Crippen LogP contribution in [0.3, 0.4) is 0 Å². The standard InChI is InChI=1S/C9H21NO2S/c1-4-5-6-7-8-10(9(2)3)13(11)12/h9H,4-8H2,1-3H3,(H,11,12). The second-order valence-electron chi connectivity index (χ2n) is 3.53. The molecule has 0 aromatic rings. The summed E-state index contributed by atoms with van der Waals surface area (Å²) in [6, 6.07) is 0.146. The third kappa shape index (κ3) is 6.18. The number of hydrogen-bond acceptors (Lipinski definition) is 1. The molecule has 0 saturated carbocycles. The van der Waals surface area contributed by atoms with Crippen molar-refractivity contribution in [3.63, 3.8) is 0 Å². The Morgan fingerprint density at radius 3 is 2.31 bits per heavy atom. The lowest BCUT2D eigenvalue weighted by molar-refractivity contribution is 0.335. The number of unbranched alkanes of at least 4 members (excludes halogenated alkanes) is 3. The summed E-state index contributed by atoms with van der Waals surface area (Å²) in [5.74, 6) is 0. The fourth-order valence-electron chi connectivity index (χ4n) is 1.21. The van der Waals surface area contributed by atoms with Crippen molar-refractivity contribution in [1.29, 1.82) is 0 Å². The first kappa shape index (κ1) is 13.1. The molecule has 0 radical (unpaired) electrons. The minimum absolute atomic E-state index is 0.146. The Hall–Kier alpha value is 0.0700. The molecule has 0 fully saturated rings. The van der Waals surface area contributed by atoms with Gasteiger partial charge in [0, 0.05) is 12.6 Å². The molecule has 0 aliphatic rings. The Morgan fingerprint density at radius 2 is 1.92 bits per heavy atom. The van der Waals surface area contributed by atoms with Gasteiger partial charge in [0.25, 0.3) is 0 Å². The third-order valence-electron chi connectivity index (χ3n) is 2.01. The lowest BCUT2D eigenvalue weighted by atomic mass is 10.2. The lowest BCUT2D eigenvalue weighted by Crippen LogP contribution is -2.33. The normalized spacial score (nSPS) is 14.0. The van der Waals surface area contributed by atoms with Crippen LogP contribution >= 0.6 is 0 Å². The van der Waals surface area contributed by atoms with Crippen LogP contribution in [-0.2, 0) is 11.3 Å². The van der Waals surface area contributed by atoms with Gasteiger partial charge in [-0.15, -0.1) is 0 Å². The molecule has 80 valence electrons. The van der Waals surface area contributed by atoms with Crippen molar-refractivity contribution in [3.05, 3.63) is 0 Å². The summed E-state index contributed by atoms with van der Waals surface area (Å²) in [7, 11) is 0. The fraction of sp³-hybridized carbons (Fsp3) is 1.00. The maximum Gasteiger partial charge on any atom is 0.234 e. The van der Waals surface area contributed by atoms with Gasteiger partial charge in [-0.2, -0.15) is 4.31 Å². The topological polar surface area (TPSA) is 40.5 Å². The maximum absolute atomic E-state index is 10.8. The molecule has 13 heavy (non-hydrogen) atoms. The van der Waals surface area contributed by atoms with E-state index in [9.17, 15) is 4.21 Å². The quantitative estimate of drug-likeness (QED) is 0.514. The van der Waals surface area contributed by atoms with Crippen LogP contribution in [0.4, 0.5) is 0 Å². The van der Waals surface area contributed by atoms with Crippen LogP contribution in [0.5, 0.6) is 0 Å². The van der Waals surface area contributed by atoms with E-state index in [0.717, 1.165) is 19.4 Å². The van der Waals surface area contributed by atoms with Gasteiger partial charge in [0.2, 0.25) is 11.3 Å². The van der Waals surface area contributed by atoms with E-state index < -0.39 is 11.3 Å². The van der Waals surface area contributed by atoms with Gasteiger partial charge in [-0.25, -0.2) is 4.21 Å². The summed E-state index contributed by atoms with van der Waals surface area (Å²) in [6.07, 6.45) is 4.57. The fourth-order valence-corrected chi connectivity index (χ4v) is 1.86. The molecule has 0 aliphatic carbocycles. The zero-order valence-corrected chi connectivity index (χ0v) is 9.64. The number of nitrogens with zero attached hydrogens (tertiary/aromatic N) is 1. The maximum atomic E-state index is 10.8. The molecule has 1 N–H and O–H groups in total. The molecular formula is C9H21NO2S. The van der Waals surface area contributed by atoms with Crippen molar-refractivity contribution >= 4 is 11.3 Å². The van der Waals surface area contributed by atoms with E-state index in [1.165, 1.54) is 12.8 Å². The Balaban J connectivity index is 3.64. The van der Waals surface area contributed by atoms with Crippen LogP contribution in [0.15, 0.2) is 0 Å². The third-order valence-corrected chi connectivity index (χ3v) is 3.01. The molecule has 0 bridgehead atoms. The van der Waals surface area contributed by atoms with Gasteiger partial charge in [-0.3, -0.25) is 4.55 Å². The summed E-state index contributed by atoms with van der Waals surface area (Å²) < 4.78 is 21.4. The first-order chi connectivity index (χ1) is 6.09. The monoisotopic (exact) mass is 207 g/mol. The van der Waals surface area contributed by atoms with Crippen LogP contribution in [0.1, 0.15) is 46.5 Å². The highest BCUT2D eigenvalue weighted by atomic mass is 32.2. The van der Waals surface area contributed by atoms with Gasteiger partial charge in [-0.1, -0.05) is 26.2 Å². The summed E-state index contributed by atoms with van der Waals surface area (Å²) >= 11 is -1.81. The highest BCUT2D eigenvalue weighted by Crippen LogP contribution is 2.06. The van der Waals surface area contributed by atoms with E-state index in [4.69, 9.17) is 4.55 Å². The zero-order chi connectivity index (χ0) is 10.3. The van der Waals surface area contributed by atoms with E-state index in [1.807, 2.05) is 13.8 Å². The minimum atomic E-state index is -1.81. The van der Waals surface area contributed by atoms with E-state index >= 15 is 0 Å². The van der Waals surface area contributed by atoms with Crippen molar-refractivity contribution in [2.45, 2.75) is 52.5 Å². The summed E-state index contributed by atoms with van der Waals surface area (Å²) in [5, 5.41) is 0. The van der Waals surface area contributed by atoms with Crippen LogP contribution < -0.4 is 0 Å². The summed E-state index contributed by atoms with van der Waals surface area (Å²) in [5.41, 5.74) is 0. The molecule has 0 aromatic carbocycles. The average Bonchev–Trinajstić information content (AvgIpc) is 2.02. The molecule has 3 nitrogen and oxygen atoms in total. The minimum Gasteiger partial charge on any atom is -0.294 e. The summed E-state index contributed by atoms with van der Waals surface area (Å²) in [4.78, 5) is 0. The van der Waals surface area contributed by atoms with Crippen molar-refractivity contribution in [2.24, 2.45) is 0 Å². The molecule has 4 heteroatoms. The van der Waals surface area contributed by atoms with Gasteiger partial charge in [0.1, 0.15) is 0 Å². The average molecular weight is 207 g/mol. The Bertz CT molecular complexity index is 151. The van der Waals surface area contributed by atoms with Gasteiger partial charge >= 0.3 is 0 Å². The molecule has 1 atom stereocenters. The lowest BCUT2D eigenvalue weighted by Gasteiger charge is -2.21. The molecule has 0 saturated heterocycles. The molecule has 1 unspecified atom stereocenters. The SMILES string of the molecule is CCCCCCN(C(C)C)S(=O)O. The van der Waals surface area contributed by atoms with Gasteiger partial charge in [0.15, 0.2) is 0 Å². The van der Waals surface area contributed by atoms with Crippen LogP contribution in [0.2, 0.25) is 0 Å². The van der Waals surface area contributed by atoms with Crippen molar-refractivity contribution in [1.82, 2.24) is 4.31 Å². The summed E-state index contributed by atoms with van der Waals surface area (Å²) in [6.45, 7) is 6.76. The van der Waals surface area contributed by atoms with Crippen LogP contribution in [0, 0.1) is 0 Å². The second-order valence-corrected chi connectivity index (χ2v) is 4.46. The predicted molar refractivity (Wildman–Crippen MR) is 56.8 cm³/mol. The van der Waals surface area contributed by atoms with Crippen molar-refractivity contribution < 1.29 is 8.76 Å². The predicted octanol–water partition coefficient (Wildman–Crippen LogP) is 2.41. The Labute approximate surface area is 83.9 Å². The highest BCUT2D eigenvalue weighted by Gasteiger charge is 2.13. The second kappa shape index (κ2) is 7.47.